The molecule has 5 nitrogen and oxygen atoms in total. The van der Waals surface area contributed by atoms with Gasteiger partial charge in [0.1, 0.15) is 5.82 Å². The summed E-state index contributed by atoms with van der Waals surface area (Å²) >= 11 is 3.51. The highest BCUT2D eigenvalue weighted by molar-refractivity contribution is 9.10. The van der Waals surface area contributed by atoms with Gasteiger partial charge in [0.05, 0.1) is 5.69 Å². The Labute approximate surface area is 182 Å². The monoisotopic (exact) mass is 471 g/mol. The summed E-state index contributed by atoms with van der Waals surface area (Å²) in [6.45, 7) is 2.29. The van der Waals surface area contributed by atoms with Crippen LogP contribution in [0.4, 0.5) is 4.39 Å². The van der Waals surface area contributed by atoms with Crippen molar-refractivity contribution in [2.45, 2.75) is 25.8 Å². The molecule has 0 saturated carbocycles. The van der Waals surface area contributed by atoms with E-state index in [1.807, 2.05) is 6.07 Å². The molecule has 1 saturated heterocycles. The summed E-state index contributed by atoms with van der Waals surface area (Å²) in [5.41, 5.74) is 1.44. The van der Waals surface area contributed by atoms with Gasteiger partial charge in [0, 0.05) is 22.8 Å². The minimum Gasteiger partial charge on any atom is -0.309 e. The zero-order valence-corrected chi connectivity index (χ0v) is 18.1. The number of piperidine rings is 1. The number of nitrogens with one attached hydrogen (secondary N) is 1. The predicted octanol–water partition coefficient (Wildman–Crippen LogP) is 3.88. The first-order valence-corrected chi connectivity index (χ1v) is 10.9. The summed E-state index contributed by atoms with van der Waals surface area (Å²) < 4.78 is 15.6. The normalized spacial score (nSPS) is 15.4. The second kappa shape index (κ2) is 9.10. The van der Waals surface area contributed by atoms with Crippen LogP contribution in [0.1, 0.15) is 24.1 Å². The quantitative estimate of drug-likeness (QED) is 0.614. The predicted molar refractivity (Wildman–Crippen MR) is 118 cm³/mol. The molecule has 30 heavy (non-hydrogen) atoms. The van der Waals surface area contributed by atoms with Gasteiger partial charge in [0.15, 0.2) is 0 Å². The van der Waals surface area contributed by atoms with Crippen LogP contribution in [-0.2, 0) is 13.0 Å². The van der Waals surface area contributed by atoms with Gasteiger partial charge in [-0.05, 0) is 74.2 Å². The van der Waals surface area contributed by atoms with Crippen LogP contribution in [0.3, 0.4) is 0 Å². The number of nitrogens with zero attached hydrogens (tertiary/aromatic N) is 2. The lowest BCUT2D eigenvalue weighted by Gasteiger charge is -2.32. The van der Waals surface area contributed by atoms with Crippen molar-refractivity contribution in [1.82, 2.24) is 14.5 Å². The molecule has 0 bridgehead atoms. The molecule has 1 aromatic heterocycles. The largest absolute Gasteiger partial charge is 0.333 e. The Hall–Kier alpha value is -2.51. The highest BCUT2D eigenvalue weighted by Gasteiger charge is 2.21. The van der Waals surface area contributed by atoms with E-state index in [1.165, 1.54) is 12.1 Å². The van der Waals surface area contributed by atoms with Crippen molar-refractivity contribution in [3.05, 3.63) is 97.0 Å². The fourth-order valence-corrected chi connectivity index (χ4v) is 4.46. The Morgan fingerprint density at radius 2 is 1.77 bits per heavy atom. The number of rotatable bonds is 5. The van der Waals surface area contributed by atoms with E-state index in [0.29, 0.717) is 23.8 Å². The molecule has 0 amide bonds. The maximum absolute atomic E-state index is 13.5. The van der Waals surface area contributed by atoms with Crippen LogP contribution < -0.4 is 11.2 Å². The van der Waals surface area contributed by atoms with Crippen molar-refractivity contribution in [3.8, 4) is 5.69 Å². The number of hydrogen-bond acceptors (Lipinski definition) is 3. The van der Waals surface area contributed by atoms with Gasteiger partial charge in [-0.3, -0.25) is 9.69 Å². The van der Waals surface area contributed by atoms with Crippen molar-refractivity contribution in [2.24, 2.45) is 5.92 Å². The van der Waals surface area contributed by atoms with Crippen molar-refractivity contribution < 1.29 is 4.39 Å². The third-order valence-electron chi connectivity index (χ3n) is 5.62. The van der Waals surface area contributed by atoms with Gasteiger partial charge < -0.3 is 4.98 Å². The fourth-order valence-electron chi connectivity index (χ4n) is 4.05. The molecule has 1 fully saturated rings. The number of likely N-dealkylation sites (tertiary alicyclic amines) is 1. The average Bonchev–Trinajstić information content (AvgIpc) is 2.72. The number of aromatic amines is 1. The molecule has 0 unspecified atom stereocenters. The van der Waals surface area contributed by atoms with E-state index in [0.717, 1.165) is 47.0 Å². The Morgan fingerprint density at radius 1 is 1.03 bits per heavy atom. The lowest BCUT2D eigenvalue weighted by atomic mass is 9.90. The molecular formula is C23H23BrFN3O2. The molecule has 3 aromatic rings. The van der Waals surface area contributed by atoms with Gasteiger partial charge in [0.2, 0.25) is 0 Å². The molecule has 156 valence electrons. The van der Waals surface area contributed by atoms with Crippen LogP contribution in [0.15, 0.2) is 68.7 Å². The van der Waals surface area contributed by atoms with Crippen LogP contribution in [-0.4, -0.2) is 27.5 Å². The zero-order valence-electron chi connectivity index (χ0n) is 16.5. The van der Waals surface area contributed by atoms with Gasteiger partial charge in [-0.25, -0.2) is 13.8 Å². The molecule has 0 radical (unpaired) electrons. The second-order valence-corrected chi connectivity index (χ2v) is 8.62. The molecule has 2 heterocycles. The first-order valence-electron chi connectivity index (χ1n) is 10.1. The second-order valence-electron chi connectivity index (χ2n) is 7.77. The van der Waals surface area contributed by atoms with E-state index in [4.69, 9.17) is 0 Å². The smallest absolute Gasteiger partial charge is 0.309 e. The number of hydrogen-bond donors (Lipinski definition) is 1. The molecule has 0 atom stereocenters. The third-order valence-corrected chi connectivity index (χ3v) is 6.39. The van der Waals surface area contributed by atoms with E-state index in [9.17, 15) is 14.0 Å². The summed E-state index contributed by atoms with van der Waals surface area (Å²) in [6, 6.07) is 15.2. The molecule has 1 aliphatic heterocycles. The number of benzene rings is 2. The van der Waals surface area contributed by atoms with E-state index < -0.39 is 5.69 Å². The summed E-state index contributed by atoms with van der Waals surface area (Å²) in [5.74, 6) is 0.282. The zero-order chi connectivity index (χ0) is 21.1. The van der Waals surface area contributed by atoms with Gasteiger partial charge in [-0.1, -0.05) is 34.1 Å². The van der Waals surface area contributed by atoms with Crippen LogP contribution in [0, 0.1) is 11.7 Å². The van der Waals surface area contributed by atoms with Crippen LogP contribution in [0.2, 0.25) is 0 Å². The lowest BCUT2D eigenvalue weighted by Crippen LogP contribution is -2.38. The molecule has 1 aliphatic rings. The summed E-state index contributed by atoms with van der Waals surface area (Å²) in [4.78, 5) is 30.1. The number of aromatic nitrogens is 2. The van der Waals surface area contributed by atoms with Crippen molar-refractivity contribution in [1.29, 1.82) is 0 Å². The Bertz CT molecular complexity index is 1100. The molecule has 7 heteroatoms. The number of H-pyrrole nitrogens is 1. The van der Waals surface area contributed by atoms with E-state index >= 15 is 0 Å². The van der Waals surface area contributed by atoms with Crippen LogP contribution in [0.5, 0.6) is 0 Å². The van der Waals surface area contributed by atoms with Crippen molar-refractivity contribution >= 4 is 15.9 Å². The SMILES string of the molecule is O=c1cc(CN2CCC(Cc3cc(F)ccc3Br)CC2)[nH]c(=O)n1-c1ccccc1. The van der Waals surface area contributed by atoms with Gasteiger partial charge in [-0.2, -0.15) is 0 Å². The summed E-state index contributed by atoms with van der Waals surface area (Å²) in [6.07, 6.45) is 2.83. The van der Waals surface area contributed by atoms with E-state index in [2.05, 4.69) is 25.8 Å². The Kier molecular flexibility index (Phi) is 6.29. The van der Waals surface area contributed by atoms with Gasteiger partial charge >= 0.3 is 5.69 Å². The fraction of sp³-hybridized carbons (Fsp3) is 0.304. The number of halogens is 2. The Morgan fingerprint density at radius 3 is 2.47 bits per heavy atom. The van der Waals surface area contributed by atoms with E-state index in [1.54, 1.807) is 36.4 Å². The standard InChI is InChI=1S/C23H23BrFN3O2/c24-21-7-6-18(25)13-17(21)12-16-8-10-27(11-9-16)15-19-14-22(29)28(23(30)26-19)20-4-2-1-3-5-20/h1-7,13-14,16H,8-12,15H2,(H,26,30). The molecule has 2 aromatic carbocycles. The number of para-hydroxylation sites is 1. The minimum absolute atomic E-state index is 0.208. The highest BCUT2D eigenvalue weighted by Crippen LogP contribution is 2.26. The first kappa shape index (κ1) is 20.8. The molecule has 1 N–H and O–H groups in total. The van der Waals surface area contributed by atoms with Gasteiger partial charge in [-0.15, -0.1) is 0 Å². The third kappa shape index (κ3) is 4.79. The Balaban J connectivity index is 1.39. The highest BCUT2D eigenvalue weighted by atomic mass is 79.9. The summed E-state index contributed by atoms with van der Waals surface area (Å²) in [7, 11) is 0. The van der Waals surface area contributed by atoms with Crippen LogP contribution in [0.25, 0.3) is 5.69 Å². The maximum atomic E-state index is 13.5. The maximum Gasteiger partial charge on any atom is 0.333 e. The van der Waals surface area contributed by atoms with Crippen molar-refractivity contribution in [3.63, 3.8) is 0 Å². The van der Waals surface area contributed by atoms with Crippen molar-refractivity contribution in [2.75, 3.05) is 13.1 Å². The summed E-state index contributed by atoms with van der Waals surface area (Å²) in [5, 5.41) is 0. The van der Waals surface area contributed by atoms with E-state index in [-0.39, 0.29) is 11.4 Å². The molecule has 0 aliphatic carbocycles. The molecule has 4 rings (SSSR count). The lowest BCUT2D eigenvalue weighted by molar-refractivity contribution is 0.175. The topological polar surface area (TPSA) is 58.1 Å². The minimum atomic E-state index is -0.422. The van der Waals surface area contributed by atoms with Crippen LogP contribution >= 0.6 is 15.9 Å². The molecule has 0 spiro atoms. The average molecular weight is 472 g/mol. The first-order chi connectivity index (χ1) is 14.5. The molecular weight excluding hydrogens is 449 g/mol. The van der Waals surface area contributed by atoms with Gasteiger partial charge in [0.25, 0.3) is 5.56 Å².